The van der Waals surface area contributed by atoms with E-state index in [2.05, 4.69) is 35.1 Å². The van der Waals surface area contributed by atoms with Gasteiger partial charge in [-0.25, -0.2) is 0 Å². The van der Waals surface area contributed by atoms with Gasteiger partial charge in [0.05, 0.1) is 12.0 Å². The molecule has 1 fully saturated rings. The predicted molar refractivity (Wildman–Crippen MR) is 73.4 cm³/mol. The monoisotopic (exact) mass is 305 g/mol. The molecule has 1 rings (SSSR count). The number of nitrogens with one attached hydrogen (secondary N) is 1. The zero-order valence-corrected chi connectivity index (χ0v) is 12.7. The minimum absolute atomic E-state index is 0.111. The molecular weight excluding hydrogens is 282 g/mol. The Morgan fingerprint density at radius 1 is 1.47 bits per heavy atom. The normalized spacial score (nSPS) is 19.8. The third-order valence-electron chi connectivity index (χ3n) is 3.43. The van der Waals surface area contributed by atoms with Crippen molar-refractivity contribution in [2.24, 2.45) is 5.92 Å². The molecule has 0 spiro atoms. The van der Waals surface area contributed by atoms with Crippen LogP contribution in [-0.2, 0) is 9.53 Å². The minimum Gasteiger partial charge on any atom is -0.378 e. The fourth-order valence-corrected chi connectivity index (χ4v) is 3.11. The molecule has 0 radical (unpaired) electrons. The molecule has 1 saturated carbocycles. The number of methoxy groups -OCH3 is 1. The van der Waals surface area contributed by atoms with Crippen LogP contribution in [0, 0.1) is 5.92 Å². The molecule has 1 aliphatic rings. The highest BCUT2D eigenvalue weighted by Crippen LogP contribution is 2.37. The summed E-state index contributed by atoms with van der Waals surface area (Å²) in [6.45, 7) is 5.07. The van der Waals surface area contributed by atoms with Gasteiger partial charge in [0.1, 0.15) is 0 Å². The average molecular weight is 306 g/mol. The van der Waals surface area contributed by atoms with Crippen LogP contribution in [0.3, 0.4) is 0 Å². The molecular formula is C13H24BrNO2. The van der Waals surface area contributed by atoms with E-state index in [1.165, 1.54) is 6.42 Å². The van der Waals surface area contributed by atoms with Crippen molar-refractivity contribution in [1.82, 2.24) is 5.32 Å². The molecule has 1 amide bonds. The van der Waals surface area contributed by atoms with E-state index in [-0.39, 0.29) is 11.5 Å². The Balaban J connectivity index is 2.21. The van der Waals surface area contributed by atoms with Crippen LogP contribution in [0.15, 0.2) is 0 Å². The second-order valence-electron chi connectivity index (χ2n) is 5.45. The van der Waals surface area contributed by atoms with Crippen LogP contribution in [0.5, 0.6) is 0 Å². The van der Waals surface area contributed by atoms with Gasteiger partial charge in [-0.2, -0.15) is 0 Å². The molecule has 0 saturated heterocycles. The van der Waals surface area contributed by atoms with Crippen molar-refractivity contribution in [1.29, 1.82) is 0 Å². The van der Waals surface area contributed by atoms with Crippen molar-refractivity contribution < 1.29 is 9.53 Å². The van der Waals surface area contributed by atoms with Gasteiger partial charge in [0.15, 0.2) is 0 Å². The lowest BCUT2D eigenvalue weighted by Gasteiger charge is -2.40. The molecule has 1 aliphatic carbocycles. The molecule has 100 valence electrons. The van der Waals surface area contributed by atoms with Gasteiger partial charge in [0, 0.05) is 18.5 Å². The smallest absolute Gasteiger partial charge is 0.222 e. The Morgan fingerprint density at radius 3 is 2.53 bits per heavy atom. The van der Waals surface area contributed by atoms with Crippen molar-refractivity contribution in [2.45, 2.75) is 56.4 Å². The Hall–Kier alpha value is -0.0900. The molecule has 0 bridgehead atoms. The van der Waals surface area contributed by atoms with Crippen molar-refractivity contribution in [3.8, 4) is 0 Å². The third-order valence-corrected chi connectivity index (χ3v) is 4.13. The number of ether oxygens (including phenoxy) is 1. The van der Waals surface area contributed by atoms with Crippen LogP contribution in [0.1, 0.15) is 46.0 Å². The summed E-state index contributed by atoms with van der Waals surface area (Å²) in [4.78, 5) is 12.2. The molecule has 17 heavy (non-hydrogen) atoms. The van der Waals surface area contributed by atoms with Gasteiger partial charge in [-0.3, -0.25) is 4.79 Å². The Kier molecular flexibility index (Phi) is 5.93. The minimum atomic E-state index is -0.163. The zero-order chi connectivity index (χ0) is 12.9. The predicted octanol–water partition coefficient (Wildman–Crippen LogP) is 2.87. The summed E-state index contributed by atoms with van der Waals surface area (Å²) >= 11 is 3.59. The highest BCUT2D eigenvalue weighted by Gasteiger charge is 2.38. The maximum absolute atomic E-state index is 11.8. The Labute approximate surface area is 113 Å². The van der Waals surface area contributed by atoms with Crippen molar-refractivity contribution >= 4 is 21.8 Å². The molecule has 1 unspecified atom stereocenters. The molecule has 1 atom stereocenters. The maximum Gasteiger partial charge on any atom is 0.222 e. The molecule has 0 aromatic rings. The van der Waals surface area contributed by atoms with Crippen LogP contribution in [0.25, 0.3) is 0 Å². The average Bonchev–Trinajstić information content (AvgIpc) is 2.19. The highest BCUT2D eigenvalue weighted by atomic mass is 79.9. The van der Waals surface area contributed by atoms with E-state index < -0.39 is 0 Å². The number of amides is 1. The molecule has 0 heterocycles. The molecule has 4 heteroatoms. The van der Waals surface area contributed by atoms with E-state index in [4.69, 9.17) is 4.74 Å². The van der Waals surface area contributed by atoms with Crippen LogP contribution in [-0.4, -0.2) is 30.0 Å². The summed E-state index contributed by atoms with van der Waals surface area (Å²) < 4.78 is 5.44. The summed E-state index contributed by atoms with van der Waals surface area (Å²) in [5.41, 5.74) is -0.163. The Bertz CT molecular complexity index is 246. The van der Waals surface area contributed by atoms with Gasteiger partial charge in [0.25, 0.3) is 0 Å². The topological polar surface area (TPSA) is 38.3 Å². The van der Waals surface area contributed by atoms with Gasteiger partial charge in [0.2, 0.25) is 5.91 Å². The lowest BCUT2D eigenvalue weighted by atomic mass is 9.77. The van der Waals surface area contributed by atoms with Crippen LogP contribution < -0.4 is 5.32 Å². The first kappa shape index (κ1) is 15.0. The number of carbonyl (C=O) groups excluding carboxylic acids is 1. The number of carbonyl (C=O) groups is 1. The fraction of sp³-hybridized carbons (Fsp3) is 0.923. The summed E-state index contributed by atoms with van der Waals surface area (Å²) in [6.07, 6.45) is 4.79. The summed E-state index contributed by atoms with van der Waals surface area (Å²) in [6, 6.07) is 0. The van der Waals surface area contributed by atoms with Gasteiger partial charge in [-0.15, -0.1) is 0 Å². The summed E-state index contributed by atoms with van der Waals surface area (Å²) in [5, 5.41) is 2.98. The van der Waals surface area contributed by atoms with Gasteiger partial charge in [-0.1, -0.05) is 29.8 Å². The quantitative estimate of drug-likeness (QED) is 0.735. The first-order valence-corrected chi connectivity index (χ1v) is 7.35. The SMILES string of the molecule is COC1(CC(=O)NCC(Br)CC(C)C)CCC1. The molecule has 0 aliphatic heterocycles. The maximum atomic E-state index is 11.8. The second-order valence-corrected chi connectivity index (χ2v) is 6.74. The first-order valence-electron chi connectivity index (χ1n) is 6.43. The van der Waals surface area contributed by atoms with E-state index in [0.29, 0.717) is 23.7 Å². The number of alkyl halides is 1. The molecule has 1 N–H and O–H groups in total. The lowest BCUT2D eigenvalue weighted by Crippen LogP contribution is -2.44. The number of rotatable bonds is 7. The fourth-order valence-electron chi connectivity index (χ4n) is 2.20. The molecule has 3 nitrogen and oxygen atoms in total. The van der Waals surface area contributed by atoms with Crippen molar-refractivity contribution in [3.05, 3.63) is 0 Å². The van der Waals surface area contributed by atoms with Gasteiger partial charge in [-0.05, 0) is 31.6 Å². The van der Waals surface area contributed by atoms with E-state index >= 15 is 0 Å². The highest BCUT2D eigenvalue weighted by molar-refractivity contribution is 9.09. The van der Waals surface area contributed by atoms with Gasteiger partial charge >= 0.3 is 0 Å². The van der Waals surface area contributed by atoms with E-state index in [1.54, 1.807) is 7.11 Å². The Morgan fingerprint density at radius 2 is 2.12 bits per heavy atom. The number of halogens is 1. The van der Waals surface area contributed by atoms with Gasteiger partial charge < -0.3 is 10.1 Å². The molecule has 0 aromatic heterocycles. The van der Waals surface area contributed by atoms with E-state index in [1.807, 2.05) is 0 Å². The largest absolute Gasteiger partial charge is 0.378 e. The summed E-state index contributed by atoms with van der Waals surface area (Å²) in [7, 11) is 1.71. The van der Waals surface area contributed by atoms with Crippen LogP contribution in [0.2, 0.25) is 0 Å². The van der Waals surface area contributed by atoms with E-state index in [9.17, 15) is 4.79 Å². The van der Waals surface area contributed by atoms with Crippen LogP contribution in [0.4, 0.5) is 0 Å². The standard InChI is InChI=1S/C13H24BrNO2/c1-10(2)7-11(14)9-15-12(16)8-13(17-3)5-4-6-13/h10-11H,4-9H2,1-3H3,(H,15,16). The third kappa shape index (κ3) is 4.96. The van der Waals surface area contributed by atoms with Crippen molar-refractivity contribution in [2.75, 3.05) is 13.7 Å². The van der Waals surface area contributed by atoms with E-state index in [0.717, 1.165) is 19.3 Å². The molecule has 0 aromatic carbocycles. The first-order chi connectivity index (χ1) is 7.97. The lowest BCUT2D eigenvalue weighted by molar-refractivity contribution is -0.134. The number of hydrogen-bond acceptors (Lipinski definition) is 2. The van der Waals surface area contributed by atoms with Crippen molar-refractivity contribution in [3.63, 3.8) is 0 Å². The number of hydrogen-bond donors (Lipinski definition) is 1. The summed E-state index contributed by atoms with van der Waals surface area (Å²) in [5.74, 6) is 0.757. The zero-order valence-electron chi connectivity index (χ0n) is 11.1. The van der Waals surface area contributed by atoms with Crippen LogP contribution >= 0.6 is 15.9 Å². The second kappa shape index (κ2) is 6.74.